The van der Waals surface area contributed by atoms with Crippen LogP contribution in [0.3, 0.4) is 0 Å². The Morgan fingerprint density at radius 3 is 1.82 bits per heavy atom. The lowest BCUT2D eigenvalue weighted by molar-refractivity contribution is 0.0636. The van der Waals surface area contributed by atoms with Crippen LogP contribution in [0.4, 0.5) is 21.9 Å². The monoisotopic (exact) mass is 298 g/mol. The Morgan fingerprint density at radius 1 is 0.864 bits per heavy atom. The molecule has 0 aliphatic heterocycles. The summed E-state index contributed by atoms with van der Waals surface area (Å²) in [7, 11) is 0. The third-order valence-corrected chi connectivity index (χ3v) is 2.87. The number of carbonyl (C=O) groups excluding carboxylic acids is 1. The molecular weight excluding hydrogens is 276 g/mol. The first-order valence-corrected chi connectivity index (χ1v) is 7.26. The largest absolute Gasteiger partial charge is 0.444 e. The highest BCUT2D eigenvalue weighted by molar-refractivity contribution is 5.85. The van der Waals surface area contributed by atoms with Crippen molar-refractivity contribution < 1.29 is 9.53 Å². The first-order chi connectivity index (χ1) is 10.3. The molecule has 4 nitrogen and oxygen atoms in total. The molecule has 1 amide bonds. The van der Waals surface area contributed by atoms with Crippen molar-refractivity contribution in [1.29, 1.82) is 0 Å². The van der Waals surface area contributed by atoms with Crippen molar-refractivity contribution in [3.8, 4) is 0 Å². The van der Waals surface area contributed by atoms with Gasteiger partial charge in [0.15, 0.2) is 0 Å². The maximum atomic E-state index is 11.7. The van der Waals surface area contributed by atoms with Gasteiger partial charge >= 0.3 is 6.09 Å². The minimum absolute atomic E-state index is 0.452. The topological polar surface area (TPSA) is 50.4 Å². The van der Waals surface area contributed by atoms with Gasteiger partial charge in [0.2, 0.25) is 0 Å². The molecule has 0 atom stereocenters. The van der Waals surface area contributed by atoms with Crippen LogP contribution < -0.4 is 10.6 Å². The normalized spacial score (nSPS) is 10.9. The van der Waals surface area contributed by atoms with Crippen LogP contribution in [0, 0.1) is 6.92 Å². The molecule has 0 saturated heterocycles. The van der Waals surface area contributed by atoms with Crippen molar-refractivity contribution in [3.63, 3.8) is 0 Å². The van der Waals surface area contributed by atoms with Gasteiger partial charge in [-0.25, -0.2) is 4.79 Å². The van der Waals surface area contributed by atoms with Gasteiger partial charge in [-0.15, -0.1) is 0 Å². The zero-order valence-corrected chi connectivity index (χ0v) is 13.4. The fourth-order valence-electron chi connectivity index (χ4n) is 1.86. The molecule has 0 aliphatic rings. The zero-order valence-electron chi connectivity index (χ0n) is 13.4. The molecule has 22 heavy (non-hydrogen) atoms. The first kappa shape index (κ1) is 15.9. The molecule has 0 unspecified atom stereocenters. The number of nitrogens with one attached hydrogen (secondary N) is 2. The zero-order chi connectivity index (χ0) is 16.2. The summed E-state index contributed by atoms with van der Waals surface area (Å²) in [5.74, 6) is 0. The molecule has 116 valence electrons. The smallest absolute Gasteiger partial charge is 0.412 e. The first-order valence-electron chi connectivity index (χ1n) is 7.26. The van der Waals surface area contributed by atoms with Gasteiger partial charge in [-0.3, -0.25) is 5.32 Å². The molecule has 2 aromatic rings. The Balaban J connectivity index is 1.95. The second kappa shape index (κ2) is 6.52. The van der Waals surface area contributed by atoms with E-state index < -0.39 is 11.7 Å². The Kier molecular flexibility index (Phi) is 4.71. The lowest BCUT2D eigenvalue weighted by atomic mass is 10.2. The maximum Gasteiger partial charge on any atom is 0.412 e. The van der Waals surface area contributed by atoms with Crippen LogP contribution in [0.1, 0.15) is 26.3 Å². The van der Waals surface area contributed by atoms with Crippen LogP contribution in [-0.4, -0.2) is 11.7 Å². The molecule has 0 aliphatic carbocycles. The second-order valence-electron chi connectivity index (χ2n) is 6.20. The summed E-state index contributed by atoms with van der Waals surface area (Å²) in [6.45, 7) is 7.56. The van der Waals surface area contributed by atoms with E-state index in [4.69, 9.17) is 4.74 Å². The van der Waals surface area contributed by atoms with E-state index in [0.717, 1.165) is 11.4 Å². The molecule has 0 saturated carbocycles. The van der Waals surface area contributed by atoms with Gasteiger partial charge in [-0.2, -0.15) is 0 Å². The molecule has 4 heteroatoms. The summed E-state index contributed by atoms with van der Waals surface area (Å²) in [4.78, 5) is 11.7. The average Bonchev–Trinajstić information content (AvgIpc) is 2.41. The quantitative estimate of drug-likeness (QED) is 0.830. The molecule has 2 N–H and O–H groups in total. The molecule has 2 rings (SSSR count). The fourth-order valence-corrected chi connectivity index (χ4v) is 1.86. The van der Waals surface area contributed by atoms with Gasteiger partial charge in [-0.05, 0) is 64.1 Å². The van der Waals surface area contributed by atoms with Crippen LogP contribution in [-0.2, 0) is 4.74 Å². The van der Waals surface area contributed by atoms with E-state index in [2.05, 4.69) is 29.7 Å². The van der Waals surface area contributed by atoms with E-state index in [1.54, 1.807) is 0 Å². The Bertz CT molecular complexity index is 626. The maximum absolute atomic E-state index is 11.7. The minimum Gasteiger partial charge on any atom is -0.444 e. The summed E-state index contributed by atoms with van der Waals surface area (Å²) in [5.41, 5.74) is 3.40. The van der Waals surface area contributed by atoms with E-state index in [0.29, 0.717) is 5.69 Å². The number of ether oxygens (including phenoxy) is 1. The predicted octanol–water partition coefficient (Wildman–Crippen LogP) is 5.09. The number of aryl methyl sites for hydroxylation is 1. The van der Waals surface area contributed by atoms with Gasteiger partial charge in [0.05, 0.1) is 0 Å². The third kappa shape index (κ3) is 5.13. The van der Waals surface area contributed by atoms with Crippen LogP contribution in [0.25, 0.3) is 0 Å². The van der Waals surface area contributed by atoms with Crippen LogP contribution >= 0.6 is 0 Å². The summed E-state index contributed by atoms with van der Waals surface area (Å²) < 4.78 is 5.21. The molecule has 0 bridgehead atoms. The lowest BCUT2D eigenvalue weighted by Gasteiger charge is -2.19. The van der Waals surface area contributed by atoms with E-state index in [-0.39, 0.29) is 0 Å². The minimum atomic E-state index is -0.503. The molecule has 0 radical (unpaired) electrons. The number of hydrogen-bond donors (Lipinski definition) is 2. The SMILES string of the molecule is Cc1ccc(Nc2ccc(NC(=O)OC(C)(C)C)cc2)cc1. The number of carbonyl (C=O) groups is 1. The summed E-state index contributed by atoms with van der Waals surface area (Å²) in [6.07, 6.45) is -0.452. The third-order valence-electron chi connectivity index (χ3n) is 2.87. The second-order valence-corrected chi connectivity index (χ2v) is 6.20. The van der Waals surface area contributed by atoms with Crippen molar-refractivity contribution in [2.45, 2.75) is 33.3 Å². The molecule has 0 aromatic heterocycles. The van der Waals surface area contributed by atoms with E-state index in [1.165, 1.54) is 5.56 Å². The Morgan fingerprint density at radius 2 is 1.32 bits per heavy atom. The molecule has 0 fully saturated rings. The van der Waals surface area contributed by atoms with Crippen LogP contribution in [0.15, 0.2) is 48.5 Å². The van der Waals surface area contributed by atoms with E-state index in [9.17, 15) is 4.79 Å². The average molecular weight is 298 g/mol. The van der Waals surface area contributed by atoms with Crippen molar-refractivity contribution in [2.75, 3.05) is 10.6 Å². The Hall–Kier alpha value is -2.49. The van der Waals surface area contributed by atoms with Crippen molar-refractivity contribution >= 4 is 23.2 Å². The highest BCUT2D eigenvalue weighted by Gasteiger charge is 2.15. The number of hydrogen-bond acceptors (Lipinski definition) is 3. The highest BCUT2D eigenvalue weighted by atomic mass is 16.6. The van der Waals surface area contributed by atoms with E-state index in [1.807, 2.05) is 57.2 Å². The number of benzene rings is 2. The standard InChI is InChI=1S/C18H22N2O2/c1-13-5-7-14(8-6-13)19-15-9-11-16(12-10-15)20-17(21)22-18(2,3)4/h5-12,19H,1-4H3,(H,20,21). The van der Waals surface area contributed by atoms with Gasteiger partial charge in [0.1, 0.15) is 5.60 Å². The van der Waals surface area contributed by atoms with Crippen LogP contribution in [0.2, 0.25) is 0 Å². The summed E-state index contributed by atoms with van der Waals surface area (Å²) in [6, 6.07) is 15.7. The summed E-state index contributed by atoms with van der Waals surface area (Å²) in [5, 5.41) is 6.01. The van der Waals surface area contributed by atoms with Crippen molar-refractivity contribution in [3.05, 3.63) is 54.1 Å². The Labute approximate surface area is 131 Å². The predicted molar refractivity (Wildman–Crippen MR) is 90.8 cm³/mol. The van der Waals surface area contributed by atoms with Gasteiger partial charge < -0.3 is 10.1 Å². The molecular formula is C18H22N2O2. The number of amides is 1. The van der Waals surface area contributed by atoms with Gasteiger partial charge in [0.25, 0.3) is 0 Å². The summed E-state index contributed by atoms with van der Waals surface area (Å²) >= 11 is 0. The molecule has 0 spiro atoms. The molecule has 2 aromatic carbocycles. The molecule has 0 heterocycles. The highest BCUT2D eigenvalue weighted by Crippen LogP contribution is 2.20. The van der Waals surface area contributed by atoms with Gasteiger partial charge in [-0.1, -0.05) is 17.7 Å². The van der Waals surface area contributed by atoms with Crippen molar-refractivity contribution in [2.24, 2.45) is 0 Å². The van der Waals surface area contributed by atoms with Crippen LogP contribution in [0.5, 0.6) is 0 Å². The number of anilines is 3. The van der Waals surface area contributed by atoms with Crippen molar-refractivity contribution in [1.82, 2.24) is 0 Å². The van der Waals surface area contributed by atoms with E-state index >= 15 is 0 Å². The fraction of sp³-hybridized carbons (Fsp3) is 0.278. The number of rotatable bonds is 3. The lowest BCUT2D eigenvalue weighted by Crippen LogP contribution is -2.27. The van der Waals surface area contributed by atoms with Gasteiger partial charge in [0, 0.05) is 17.1 Å².